The van der Waals surface area contributed by atoms with Crippen molar-refractivity contribution in [1.29, 1.82) is 0 Å². The highest BCUT2D eigenvalue weighted by Gasteiger charge is 2.77. The zero-order valence-electron chi connectivity index (χ0n) is 16.2. The van der Waals surface area contributed by atoms with E-state index in [1.165, 1.54) is 0 Å². The highest BCUT2D eigenvalue weighted by atomic mass is 16.5. The van der Waals surface area contributed by atoms with E-state index in [0.717, 1.165) is 44.1 Å². The lowest BCUT2D eigenvalue weighted by molar-refractivity contribution is -0.304. The number of nitrogens with zero attached hydrogens (tertiary/aromatic N) is 1. The Morgan fingerprint density at radius 2 is 1.96 bits per heavy atom. The fourth-order valence-electron chi connectivity index (χ4n) is 8.97. The molecule has 5 aliphatic carbocycles. The van der Waals surface area contributed by atoms with Gasteiger partial charge in [0, 0.05) is 17.4 Å². The molecule has 27 heavy (non-hydrogen) atoms. The molecule has 2 heterocycles. The van der Waals surface area contributed by atoms with Crippen LogP contribution >= 0.6 is 0 Å². The topological polar surface area (TPSA) is 70.0 Å². The Labute approximate surface area is 160 Å². The van der Waals surface area contributed by atoms with Gasteiger partial charge in [0.2, 0.25) is 5.91 Å². The van der Waals surface area contributed by atoms with Gasteiger partial charge in [-0.15, -0.1) is 0 Å². The normalized spacial score (nSPS) is 58.7. The standard InChI is InChI=1S/C22H31NO4/c1-12-13-4-7-22(17(12)25)15(10-13)21-6-3-5-20(2,14(21)11-16(22)24)18(26)23-8-9-27-19(21)23/h13-17,19,24-25H,1,3-11H2,2H3/t13-,14+,15-,16+,17-,19+,20+,21-,22+/m0/s1. The summed E-state index contributed by atoms with van der Waals surface area (Å²) in [5.41, 5.74) is -0.0970. The molecule has 7 rings (SSSR count). The van der Waals surface area contributed by atoms with Crippen LogP contribution in [0.25, 0.3) is 0 Å². The van der Waals surface area contributed by atoms with Crippen LogP contribution in [0.2, 0.25) is 0 Å². The van der Waals surface area contributed by atoms with Crippen LogP contribution in [0.1, 0.15) is 51.9 Å². The van der Waals surface area contributed by atoms with Crippen LogP contribution in [-0.4, -0.2) is 52.6 Å². The minimum Gasteiger partial charge on any atom is -0.392 e. The molecule has 5 saturated carbocycles. The molecule has 0 aromatic rings. The lowest BCUT2D eigenvalue weighted by Gasteiger charge is -2.74. The van der Waals surface area contributed by atoms with Gasteiger partial charge in [-0.3, -0.25) is 4.79 Å². The van der Waals surface area contributed by atoms with Gasteiger partial charge in [-0.2, -0.15) is 0 Å². The van der Waals surface area contributed by atoms with Gasteiger partial charge in [0.05, 0.1) is 24.2 Å². The lowest BCUT2D eigenvalue weighted by atomic mass is 9.33. The van der Waals surface area contributed by atoms with Crippen molar-refractivity contribution in [2.24, 2.45) is 34.0 Å². The van der Waals surface area contributed by atoms with Crippen molar-refractivity contribution in [2.75, 3.05) is 13.2 Å². The van der Waals surface area contributed by atoms with E-state index >= 15 is 0 Å². The van der Waals surface area contributed by atoms with E-state index < -0.39 is 23.0 Å². The zero-order valence-corrected chi connectivity index (χ0v) is 16.2. The first kappa shape index (κ1) is 17.0. The third-order valence-electron chi connectivity index (χ3n) is 10.0. The predicted molar refractivity (Wildman–Crippen MR) is 98.4 cm³/mol. The summed E-state index contributed by atoms with van der Waals surface area (Å²) in [7, 11) is 0. The zero-order chi connectivity index (χ0) is 18.8. The van der Waals surface area contributed by atoms with Crippen molar-refractivity contribution in [3.8, 4) is 0 Å². The van der Waals surface area contributed by atoms with Gasteiger partial charge in [0.15, 0.2) is 0 Å². The van der Waals surface area contributed by atoms with E-state index in [9.17, 15) is 15.0 Å². The quantitative estimate of drug-likeness (QED) is 0.638. The average molecular weight is 373 g/mol. The van der Waals surface area contributed by atoms with Crippen LogP contribution in [0.15, 0.2) is 12.2 Å². The number of hydrogen-bond acceptors (Lipinski definition) is 4. The van der Waals surface area contributed by atoms with Crippen molar-refractivity contribution in [2.45, 2.75) is 70.3 Å². The molecule has 0 radical (unpaired) electrons. The van der Waals surface area contributed by atoms with Crippen molar-refractivity contribution in [3.05, 3.63) is 12.2 Å². The summed E-state index contributed by atoms with van der Waals surface area (Å²) in [4.78, 5) is 15.5. The molecule has 148 valence electrons. The number of carbonyl (C=O) groups excluding carboxylic acids is 1. The summed E-state index contributed by atoms with van der Waals surface area (Å²) in [6.07, 6.45) is 5.13. The van der Waals surface area contributed by atoms with Gasteiger partial charge in [-0.05, 0) is 61.9 Å². The van der Waals surface area contributed by atoms with Gasteiger partial charge in [0.25, 0.3) is 0 Å². The van der Waals surface area contributed by atoms with E-state index in [-0.39, 0.29) is 29.4 Å². The van der Waals surface area contributed by atoms with Crippen LogP contribution < -0.4 is 0 Å². The molecule has 7 fully saturated rings. The summed E-state index contributed by atoms with van der Waals surface area (Å²) in [5.74, 6) is 0.930. The number of fused-ring (bicyclic) bond motifs is 3. The summed E-state index contributed by atoms with van der Waals surface area (Å²) >= 11 is 0. The van der Waals surface area contributed by atoms with Crippen LogP contribution in [-0.2, 0) is 9.53 Å². The average Bonchev–Trinajstić information content (AvgIpc) is 3.15. The first-order valence-electron chi connectivity index (χ1n) is 10.8. The number of piperidine rings is 1. The van der Waals surface area contributed by atoms with Crippen LogP contribution in [0.4, 0.5) is 0 Å². The van der Waals surface area contributed by atoms with Gasteiger partial charge < -0.3 is 19.8 Å². The van der Waals surface area contributed by atoms with Gasteiger partial charge in [-0.1, -0.05) is 19.9 Å². The fourth-order valence-corrected chi connectivity index (χ4v) is 8.97. The summed E-state index contributed by atoms with van der Waals surface area (Å²) < 4.78 is 6.29. The Morgan fingerprint density at radius 1 is 1.15 bits per heavy atom. The van der Waals surface area contributed by atoms with E-state index in [0.29, 0.717) is 25.5 Å². The summed E-state index contributed by atoms with van der Waals surface area (Å²) in [6.45, 7) is 7.66. The lowest BCUT2D eigenvalue weighted by Crippen LogP contribution is -2.77. The predicted octanol–water partition coefficient (Wildman–Crippen LogP) is 2.08. The minimum atomic E-state index is -0.624. The van der Waals surface area contributed by atoms with Crippen LogP contribution in [0.5, 0.6) is 0 Å². The second kappa shape index (κ2) is 4.98. The largest absolute Gasteiger partial charge is 0.392 e. The first-order chi connectivity index (χ1) is 12.9. The van der Waals surface area contributed by atoms with Crippen LogP contribution in [0, 0.1) is 34.0 Å². The van der Waals surface area contributed by atoms with Crippen molar-refractivity contribution in [1.82, 2.24) is 4.90 Å². The number of carbonyl (C=O) groups is 1. The van der Waals surface area contributed by atoms with Crippen molar-refractivity contribution >= 4 is 5.91 Å². The van der Waals surface area contributed by atoms with E-state index in [1.54, 1.807) is 0 Å². The molecule has 4 bridgehead atoms. The number of ether oxygens (including phenoxy) is 1. The molecular weight excluding hydrogens is 342 g/mol. The van der Waals surface area contributed by atoms with Crippen molar-refractivity contribution in [3.63, 3.8) is 0 Å². The molecule has 5 nitrogen and oxygen atoms in total. The Hall–Kier alpha value is -0.910. The maximum absolute atomic E-state index is 13.4. The number of aliphatic hydroxyl groups is 2. The van der Waals surface area contributed by atoms with Crippen LogP contribution in [0.3, 0.4) is 0 Å². The summed E-state index contributed by atoms with van der Waals surface area (Å²) in [6, 6.07) is 0. The highest BCUT2D eigenvalue weighted by Crippen LogP contribution is 2.75. The molecule has 2 aliphatic heterocycles. The van der Waals surface area contributed by atoms with Gasteiger partial charge >= 0.3 is 0 Å². The molecule has 1 amide bonds. The molecule has 9 atom stereocenters. The molecule has 5 heteroatoms. The number of hydrogen-bond donors (Lipinski definition) is 2. The monoisotopic (exact) mass is 373 g/mol. The Balaban J connectivity index is 1.58. The molecule has 7 aliphatic rings. The molecule has 0 aromatic heterocycles. The van der Waals surface area contributed by atoms with E-state index in [1.807, 2.05) is 4.90 Å². The summed E-state index contributed by atoms with van der Waals surface area (Å²) in [5, 5.41) is 22.7. The fraction of sp³-hybridized carbons (Fsp3) is 0.864. The maximum atomic E-state index is 13.4. The van der Waals surface area contributed by atoms with Gasteiger partial charge in [0.1, 0.15) is 6.23 Å². The number of aliphatic hydroxyl groups excluding tert-OH is 2. The van der Waals surface area contributed by atoms with Gasteiger partial charge in [-0.25, -0.2) is 0 Å². The second-order valence-corrected chi connectivity index (χ2v) is 10.5. The second-order valence-electron chi connectivity index (χ2n) is 10.5. The highest BCUT2D eigenvalue weighted by molar-refractivity contribution is 5.85. The molecular formula is C22H31NO4. The Bertz CT molecular complexity index is 738. The molecule has 2 N–H and O–H groups in total. The molecule has 1 spiro atoms. The first-order valence-corrected chi connectivity index (χ1v) is 10.8. The smallest absolute Gasteiger partial charge is 0.230 e. The molecule has 0 aromatic carbocycles. The number of rotatable bonds is 0. The Morgan fingerprint density at radius 3 is 2.78 bits per heavy atom. The Kier molecular flexibility index (Phi) is 3.13. The van der Waals surface area contributed by atoms with E-state index in [4.69, 9.17) is 4.74 Å². The number of amides is 1. The minimum absolute atomic E-state index is 0.128. The molecule has 0 unspecified atom stereocenters. The third kappa shape index (κ3) is 1.61. The SMILES string of the molecule is C=C1[C@H]2CC[C@]3([C@@H](C2)[C@@]24CCC[C@@](C)(C(=O)N5CCO[C@@H]52)[C@H]4C[C@H]3O)[C@H]1O. The van der Waals surface area contributed by atoms with E-state index in [2.05, 4.69) is 13.5 Å². The third-order valence-corrected chi connectivity index (χ3v) is 10.0. The van der Waals surface area contributed by atoms with Crippen molar-refractivity contribution < 1.29 is 19.7 Å². The maximum Gasteiger partial charge on any atom is 0.230 e. The molecule has 2 saturated heterocycles.